The number of nitriles is 1. The van der Waals surface area contributed by atoms with E-state index in [4.69, 9.17) is 15.7 Å². The maximum atomic E-state index is 12.3. The molecule has 5 nitrogen and oxygen atoms in total. The van der Waals surface area contributed by atoms with Crippen molar-refractivity contribution in [2.24, 2.45) is 17.6 Å². The van der Waals surface area contributed by atoms with Crippen molar-refractivity contribution < 1.29 is 9.53 Å². The van der Waals surface area contributed by atoms with Crippen molar-refractivity contribution in [1.82, 2.24) is 0 Å². The van der Waals surface area contributed by atoms with Crippen LogP contribution in [0.15, 0.2) is 18.2 Å². The molecule has 1 amide bonds. The number of hydrogen-bond acceptors (Lipinski definition) is 4. The molecule has 1 aromatic carbocycles. The third kappa shape index (κ3) is 3.97. The Balaban J connectivity index is 2.97. The van der Waals surface area contributed by atoms with Gasteiger partial charge in [-0.1, -0.05) is 19.9 Å². The lowest BCUT2D eigenvalue weighted by Crippen LogP contribution is -2.30. The number of benzene rings is 1. The molecule has 0 aliphatic rings. The molecule has 0 bridgehead atoms. The first-order valence-electron chi connectivity index (χ1n) is 6.61. The van der Waals surface area contributed by atoms with E-state index in [1.54, 1.807) is 18.2 Å². The number of nitrogens with two attached hydrogens (primary N) is 1. The zero-order valence-corrected chi connectivity index (χ0v) is 12.1. The van der Waals surface area contributed by atoms with Gasteiger partial charge in [-0.2, -0.15) is 5.26 Å². The molecular formula is C15H21N3O2. The summed E-state index contributed by atoms with van der Waals surface area (Å²) in [4.78, 5) is 12.3. The largest absolute Gasteiger partial charge is 0.495 e. The average Bonchev–Trinajstić information content (AvgIpc) is 2.44. The SMILES string of the molecule is COc1cccc(C#N)c1NC(=O)C(CN)CC(C)C. The molecule has 20 heavy (non-hydrogen) atoms. The van der Waals surface area contributed by atoms with Crippen LogP contribution in [0.3, 0.4) is 0 Å². The molecule has 1 rings (SSSR count). The van der Waals surface area contributed by atoms with Gasteiger partial charge in [0, 0.05) is 6.54 Å². The van der Waals surface area contributed by atoms with Gasteiger partial charge in [0.05, 0.1) is 18.6 Å². The molecule has 0 heterocycles. The number of nitrogens with one attached hydrogen (secondary N) is 1. The Morgan fingerprint density at radius 3 is 2.70 bits per heavy atom. The van der Waals surface area contributed by atoms with Gasteiger partial charge >= 0.3 is 0 Å². The van der Waals surface area contributed by atoms with E-state index in [0.29, 0.717) is 29.3 Å². The topological polar surface area (TPSA) is 88.1 Å². The third-order valence-electron chi connectivity index (χ3n) is 3.03. The highest BCUT2D eigenvalue weighted by Gasteiger charge is 2.20. The quantitative estimate of drug-likeness (QED) is 0.832. The van der Waals surface area contributed by atoms with E-state index in [-0.39, 0.29) is 18.4 Å². The second-order valence-electron chi connectivity index (χ2n) is 5.05. The normalized spacial score (nSPS) is 11.8. The summed E-state index contributed by atoms with van der Waals surface area (Å²) >= 11 is 0. The molecule has 108 valence electrons. The lowest BCUT2D eigenvalue weighted by atomic mass is 9.96. The number of hydrogen-bond donors (Lipinski definition) is 2. The number of amides is 1. The Kier molecular flexibility index (Phi) is 6.01. The maximum absolute atomic E-state index is 12.3. The second-order valence-corrected chi connectivity index (χ2v) is 5.05. The van der Waals surface area contributed by atoms with E-state index in [1.165, 1.54) is 7.11 Å². The molecule has 0 aliphatic carbocycles. The van der Waals surface area contributed by atoms with Crippen molar-refractivity contribution in [1.29, 1.82) is 5.26 Å². The summed E-state index contributed by atoms with van der Waals surface area (Å²) < 4.78 is 5.19. The first-order valence-corrected chi connectivity index (χ1v) is 6.61. The van der Waals surface area contributed by atoms with Crippen LogP contribution in [-0.2, 0) is 4.79 Å². The van der Waals surface area contributed by atoms with E-state index in [1.807, 2.05) is 19.9 Å². The summed E-state index contributed by atoms with van der Waals surface area (Å²) in [5.41, 5.74) is 6.44. The number of carbonyl (C=O) groups is 1. The van der Waals surface area contributed by atoms with Crippen molar-refractivity contribution in [2.45, 2.75) is 20.3 Å². The van der Waals surface area contributed by atoms with Crippen molar-refractivity contribution in [3.8, 4) is 11.8 Å². The van der Waals surface area contributed by atoms with Crippen LogP contribution >= 0.6 is 0 Å². The molecule has 0 fully saturated rings. The highest BCUT2D eigenvalue weighted by Crippen LogP contribution is 2.28. The van der Waals surface area contributed by atoms with Crippen molar-refractivity contribution in [2.75, 3.05) is 19.0 Å². The number of nitrogens with zero attached hydrogens (tertiary/aromatic N) is 1. The van der Waals surface area contributed by atoms with Gasteiger partial charge in [0.1, 0.15) is 17.5 Å². The van der Waals surface area contributed by atoms with Crippen molar-refractivity contribution in [3.63, 3.8) is 0 Å². The summed E-state index contributed by atoms with van der Waals surface area (Å²) in [6.45, 7) is 4.36. The number of anilines is 1. The highest BCUT2D eigenvalue weighted by molar-refractivity contribution is 5.95. The minimum atomic E-state index is -0.272. The van der Waals surface area contributed by atoms with Crippen LogP contribution in [-0.4, -0.2) is 19.6 Å². The maximum Gasteiger partial charge on any atom is 0.228 e. The molecule has 0 spiro atoms. The Hall–Kier alpha value is -2.06. The highest BCUT2D eigenvalue weighted by atomic mass is 16.5. The third-order valence-corrected chi connectivity index (χ3v) is 3.03. The van der Waals surface area contributed by atoms with E-state index < -0.39 is 0 Å². The fourth-order valence-corrected chi connectivity index (χ4v) is 2.03. The summed E-state index contributed by atoms with van der Waals surface area (Å²) in [5.74, 6) is 0.397. The molecule has 3 N–H and O–H groups in total. The molecule has 1 atom stereocenters. The van der Waals surface area contributed by atoms with E-state index in [2.05, 4.69) is 5.32 Å². The van der Waals surface area contributed by atoms with Gasteiger partial charge in [-0.05, 0) is 24.5 Å². The van der Waals surface area contributed by atoms with Crippen LogP contribution in [0.2, 0.25) is 0 Å². The Morgan fingerprint density at radius 2 is 2.20 bits per heavy atom. The molecule has 1 aromatic rings. The predicted molar refractivity (Wildman–Crippen MR) is 78.3 cm³/mol. The second kappa shape index (κ2) is 7.51. The molecule has 0 saturated heterocycles. The Labute approximate surface area is 119 Å². The van der Waals surface area contributed by atoms with Gasteiger partial charge in [-0.25, -0.2) is 0 Å². The van der Waals surface area contributed by atoms with Gasteiger partial charge in [-0.3, -0.25) is 4.79 Å². The lowest BCUT2D eigenvalue weighted by Gasteiger charge is -2.18. The van der Waals surface area contributed by atoms with Gasteiger partial charge in [0.2, 0.25) is 5.91 Å². The van der Waals surface area contributed by atoms with Gasteiger partial charge in [0.15, 0.2) is 0 Å². The number of para-hydroxylation sites is 1. The van der Waals surface area contributed by atoms with Gasteiger partial charge in [-0.15, -0.1) is 0 Å². The molecular weight excluding hydrogens is 254 g/mol. The number of methoxy groups -OCH3 is 1. The average molecular weight is 275 g/mol. The number of ether oxygens (including phenoxy) is 1. The molecule has 0 aliphatic heterocycles. The minimum Gasteiger partial charge on any atom is -0.495 e. The van der Waals surface area contributed by atoms with Crippen molar-refractivity contribution >= 4 is 11.6 Å². The Bertz CT molecular complexity index is 506. The monoisotopic (exact) mass is 275 g/mol. The fourth-order valence-electron chi connectivity index (χ4n) is 2.03. The summed E-state index contributed by atoms with van der Waals surface area (Å²) in [6, 6.07) is 7.10. The predicted octanol–water partition coefficient (Wildman–Crippen LogP) is 2.13. The van der Waals surface area contributed by atoms with Crippen LogP contribution < -0.4 is 15.8 Å². The van der Waals surface area contributed by atoms with E-state index >= 15 is 0 Å². The van der Waals surface area contributed by atoms with Crippen LogP contribution in [0, 0.1) is 23.2 Å². The van der Waals surface area contributed by atoms with E-state index in [0.717, 1.165) is 0 Å². The number of rotatable bonds is 6. The van der Waals surface area contributed by atoms with Gasteiger partial charge in [0.25, 0.3) is 0 Å². The summed E-state index contributed by atoms with van der Waals surface area (Å²) in [5, 5.41) is 11.9. The van der Waals surface area contributed by atoms with Gasteiger partial charge < -0.3 is 15.8 Å². The zero-order chi connectivity index (χ0) is 15.1. The minimum absolute atomic E-state index is 0.179. The van der Waals surface area contributed by atoms with Crippen LogP contribution in [0.25, 0.3) is 0 Å². The standard InChI is InChI=1S/C15H21N3O2/c1-10(2)7-12(9-17)15(19)18-14-11(8-16)5-4-6-13(14)20-3/h4-6,10,12H,7,9,17H2,1-3H3,(H,18,19). The Morgan fingerprint density at radius 1 is 1.50 bits per heavy atom. The van der Waals surface area contributed by atoms with Crippen LogP contribution in [0.5, 0.6) is 5.75 Å². The van der Waals surface area contributed by atoms with Crippen LogP contribution in [0.4, 0.5) is 5.69 Å². The van der Waals surface area contributed by atoms with Crippen molar-refractivity contribution in [3.05, 3.63) is 23.8 Å². The number of carbonyl (C=O) groups excluding carboxylic acids is 1. The summed E-state index contributed by atoms with van der Waals surface area (Å²) in [7, 11) is 1.50. The van der Waals surface area contributed by atoms with E-state index in [9.17, 15) is 4.79 Å². The summed E-state index contributed by atoms with van der Waals surface area (Å²) in [6.07, 6.45) is 0.708. The molecule has 0 radical (unpaired) electrons. The van der Waals surface area contributed by atoms with Crippen LogP contribution in [0.1, 0.15) is 25.8 Å². The molecule has 5 heteroatoms. The fraction of sp³-hybridized carbons (Fsp3) is 0.467. The lowest BCUT2D eigenvalue weighted by molar-refractivity contribution is -0.120. The zero-order valence-electron chi connectivity index (χ0n) is 12.1. The molecule has 0 aromatic heterocycles. The first-order chi connectivity index (χ1) is 9.53. The smallest absolute Gasteiger partial charge is 0.228 e. The first kappa shape index (κ1) is 16.0. The molecule has 0 saturated carbocycles. The molecule has 1 unspecified atom stereocenters.